The van der Waals surface area contributed by atoms with Crippen molar-refractivity contribution in [3.63, 3.8) is 0 Å². The third-order valence-corrected chi connectivity index (χ3v) is 18.3. The summed E-state index contributed by atoms with van der Waals surface area (Å²) in [5, 5.41) is 87.8. The lowest BCUT2D eigenvalue weighted by Gasteiger charge is -2.46. The Bertz CT molecular complexity index is 1950. The van der Waals surface area contributed by atoms with Gasteiger partial charge in [0.2, 0.25) is 5.91 Å². The zero-order chi connectivity index (χ0) is 68.0. The van der Waals surface area contributed by atoms with Crippen LogP contribution < -0.4 is 5.32 Å². The predicted octanol–water partition coefficient (Wildman–Crippen LogP) is 16.9. The maximum absolute atomic E-state index is 13.4. The molecule has 0 saturated carbocycles. The molecular formula is C80H141NO13. The van der Waals surface area contributed by atoms with Gasteiger partial charge in [-0.1, -0.05) is 323 Å². The molecule has 9 N–H and O–H groups in total. The van der Waals surface area contributed by atoms with Crippen molar-refractivity contribution in [2.24, 2.45) is 0 Å². The highest BCUT2D eigenvalue weighted by Crippen LogP contribution is 2.30. The van der Waals surface area contributed by atoms with Crippen LogP contribution in [0.3, 0.4) is 0 Å². The maximum Gasteiger partial charge on any atom is 0.220 e. The molecule has 0 aromatic rings. The van der Waals surface area contributed by atoms with Crippen molar-refractivity contribution in [2.75, 3.05) is 19.8 Å². The van der Waals surface area contributed by atoms with E-state index in [2.05, 4.69) is 116 Å². The Morgan fingerprint density at radius 2 is 0.734 bits per heavy atom. The lowest BCUT2D eigenvalue weighted by atomic mass is 9.97. The van der Waals surface area contributed by atoms with Gasteiger partial charge >= 0.3 is 0 Å². The summed E-state index contributed by atoms with van der Waals surface area (Å²) in [4.78, 5) is 13.4. The maximum atomic E-state index is 13.4. The normalized spacial score (nSPS) is 23.0. The zero-order valence-electron chi connectivity index (χ0n) is 59.4. The van der Waals surface area contributed by atoms with Gasteiger partial charge in [-0.05, 0) is 77.0 Å². The van der Waals surface area contributed by atoms with Crippen LogP contribution in [0.4, 0.5) is 0 Å². The highest BCUT2D eigenvalue weighted by molar-refractivity contribution is 5.76. The Labute approximate surface area is 573 Å². The van der Waals surface area contributed by atoms with Crippen LogP contribution in [0.25, 0.3) is 0 Å². The number of aliphatic hydroxyl groups is 8. The highest BCUT2D eigenvalue weighted by atomic mass is 16.7. The summed E-state index contributed by atoms with van der Waals surface area (Å²) in [7, 11) is 0. The van der Waals surface area contributed by atoms with Gasteiger partial charge in [-0.15, -0.1) is 0 Å². The summed E-state index contributed by atoms with van der Waals surface area (Å²) in [6, 6.07) is -0.846. The van der Waals surface area contributed by atoms with Crippen molar-refractivity contribution in [3.8, 4) is 0 Å². The molecule has 0 radical (unpaired) electrons. The summed E-state index contributed by atoms with van der Waals surface area (Å²) in [6.45, 7) is 2.77. The molecule has 94 heavy (non-hydrogen) atoms. The Morgan fingerprint density at radius 1 is 0.394 bits per heavy atom. The Hall–Kier alpha value is -3.09. The number of carbonyl (C=O) groups is 1. The summed E-state index contributed by atoms with van der Waals surface area (Å²) in [5.74, 6) is -0.221. The lowest BCUT2D eigenvalue weighted by Crippen LogP contribution is -2.65. The summed E-state index contributed by atoms with van der Waals surface area (Å²) in [6.07, 6.45) is 72.8. The lowest BCUT2D eigenvalue weighted by molar-refractivity contribution is -0.359. The minimum Gasteiger partial charge on any atom is -0.394 e. The number of hydrogen-bond donors (Lipinski definition) is 9. The molecule has 0 spiro atoms. The fraction of sp³-hybridized carbons (Fsp3) is 0.787. The first-order chi connectivity index (χ1) is 46.1. The van der Waals surface area contributed by atoms with Crippen LogP contribution in [0.5, 0.6) is 0 Å². The van der Waals surface area contributed by atoms with Gasteiger partial charge in [0.25, 0.3) is 0 Å². The van der Waals surface area contributed by atoms with E-state index in [1.807, 2.05) is 0 Å². The molecule has 2 heterocycles. The second kappa shape index (κ2) is 63.4. The summed E-state index contributed by atoms with van der Waals surface area (Å²) >= 11 is 0. The fourth-order valence-corrected chi connectivity index (χ4v) is 12.3. The average molecular weight is 1330 g/mol. The van der Waals surface area contributed by atoms with Gasteiger partial charge in [0, 0.05) is 6.42 Å². The van der Waals surface area contributed by atoms with Crippen molar-refractivity contribution < 1.29 is 64.6 Å². The number of allylic oxidation sites excluding steroid dienone is 16. The van der Waals surface area contributed by atoms with Crippen molar-refractivity contribution >= 4 is 5.91 Å². The number of unbranched alkanes of at least 4 members (excludes halogenated alkanes) is 34. The first-order valence-corrected chi connectivity index (χ1v) is 38.5. The van der Waals surface area contributed by atoms with Crippen molar-refractivity contribution in [2.45, 2.75) is 383 Å². The molecule has 2 aliphatic heterocycles. The van der Waals surface area contributed by atoms with E-state index in [1.54, 1.807) is 0 Å². The molecule has 0 aromatic carbocycles. The quantitative estimate of drug-likeness (QED) is 0.0204. The number of hydrogen-bond acceptors (Lipinski definition) is 13. The SMILES string of the molecule is CC/C=C\C/C=C\C/C=C\C/C=C\C/C=C\C/C=C\C/C=C\C/C=C\CCCCCCCCC(=O)NC(COC1OC(CO)C(OC2OC(CO)C(O)C(O)C2O)C(O)C1O)C(O)CCCCCCCCCCCCCCCCCCCCCCCCCCCCCCC. The largest absolute Gasteiger partial charge is 0.394 e. The second-order valence-electron chi connectivity index (χ2n) is 26.8. The van der Waals surface area contributed by atoms with Crippen LogP contribution in [-0.2, 0) is 23.7 Å². The predicted molar refractivity (Wildman–Crippen MR) is 387 cm³/mol. The Kier molecular flexibility index (Phi) is 58.6. The zero-order valence-corrected chi connectivity index (χ0v) is 59.4. The van der Waals surface area contributed by atoms with Gasteiger partial charge in [-0.2, -0.15) is 0 Å². The van der Waals surface area contributed by atoms with Crippen molar-refractivity contribution in [1.82, 2.24) is 5.32 Å². The molecule has 12 unspecified atom stereocenters. The molecule has 2 saturated heterocycles. The van der Waals surface area contributed by atoms with Gasteiger partial charge in [0.15, 0.2) is 12.6 Å². The number of nitrogens with one attached hydrogen (secondary N) is 1. The second-order valence-corrected chi connectivity index (χ2v) is 26.8. The van der Waals surface area contributed by atoms with Crippen LogP contribution in [-0.4, -0.2) is 140 Å². The molecule has 12 atom stereocenters. The smallest absolute Gasteiger partial charge is 0.220 e. The van der Waals surface area contributed by atoms with E-state index in [1.165, 1.54) is 161 Å². The molecular weight excluding hydrogens is 1180 g/mol. The van der Waals surface area contributed by atoms with E-state index in [9.17, 15) is 45.6 Å². The van der Waals surface area contributed by atoms with Gasteiger partial charge in [0.1, 0.15) is 48.8 Å². The number of carbonyl (C=O) groups excluding carboxylic acids is 1. The fourth-order valence-electron chi connectivity index (χ4n) is 12.3. The Morgan fingerprint density at radius 3 is 1.13 bits per heavy atom. The first-order valence-electron chi connectivity index (χ1n) is 38.5. The molecule has 14 nitrogen and oxygen atoms in total. The standard InChI is InChI=1S/C80H141NO13/c1-3-5-7-9-11-13-15-17-19-21-23-25-27-29-31-33-34-36-38-40-42-44-46-48-50-52-54-56-58-60-62-64-72(85)81-68(67-91-79-77(90)75(88)78(71(66-83)93-79)94-80-76(89)74(87)73(86)70(65-82)92-80)69(84)63-61-59-57-55-53-51-49-47-45-43-41-39-37-35-32-30-28-26-24-22-20-18-16-14-12-10-8-6-4-2/h5,7,11,13,17,19,23,25,29,31,34,36,40,42,46,48,68-71,73-80,82-84,86-90H,3-4,6,8-10,12,14-16,18,20-22,24,26-28,30,32-33,35,37-39,41,43-45,47,49-67H2,1-2H3,(H,81,85)/b7-5-,13-11-,19-17-,25-23-,31-29-,36-34-,42-40-,48-46-. The number of rotatable bonds is 63. The molecule has 1 amide bonds. The van der Waals surface area contributed by atoms with Gasteiger partial charge < -0.3 is 65.1 Å². The molecule has 2 fully saturated rings. The van der Waals surface area contributed by atoms with E-state index in [4.69, 9.17) is 18.9 Å². The van der Waals surface area contributed by atoms with Gasteiger partial charge in [-0.3, -0.25) is 4.79 Å². The van der Waals surface area contributed by atoms with E-state index < -0.39 is 86.8 Å². The van der Waals surface area contributed by atoms with E-state index in [0.29, 0.717) is 12.8 Å². The Balaban J connectivity index is 1.66. The van der Waals surface area contributed by atoms with E-state index >= 15 is 0 Å². The minimum atomic E-state index is -1.79. The van der Waals surface area contributed by atoms with Gasteiger partial charge in [-0.25, -0.2) is 0 Å². The highest BCUT2D eigenvalue weighted by Gasteiger charge is 2.51. The molecule has 0 aromatic heterocycles. The third kappa shape index (κ3) is 46.2. The monoisotopic (exact) mass is 1320 g/mol. The van der Waals surface area contributed by atoms with E-state index in [0.717, 1.165) is 116 Å². The van der Waals surface area contributed by atoms with E-state index in [-0.39, 0.29) is 18.9 Å². The van der Waals surface area contributed by atoms with Crippen LogP contribution in [0.2, 0.25) is 0 Å². The molecule has 0 aliphatic carbocycles. The van der Waals surface area contributed by atoms with Crippen molar-refractivity contribution in [1.29, 1.82) is 0 Å². The van der Waals surface area contributed by atoms with Crippen LogP contribution in [0.15, 0.2) is 97.2 Å². The molecule has 0 bridgehead atoms. The summed E-state index contributed by atoms with van der Waals surface area (Å²) in [5.41, 5.74) is 0. The van der Waals surface area contributed by atoms with Crippen molar-refractivity contribution in [3.05, 3.63) is 97.2 Å². The topological polar surface area (TPSA) is 228 Å². The molecule has 2 aliphatic rings. The average Bonchev–Trinajstić information content (AvgIpc) is 0.794. The number of ether oxygens (including phenoxy) is 4. The molecule has 2 rings (SSSR count). The molecule has 14 heteroatoms. The first kappa shape index (κ1) is 87.0. The number of aliphatic hydroxyl groups excluding tert-OH is 8. The summed E-state index contributed by atoms with van der Waals surface area (Å²) < 4.78 is 23.0. The van der Waals surface area contributed by atoms with Crippen LogP contribution in [0.1, 0.15) is 309 Å². The van der Waals surface area contributed by atoms with Gasteiger partial charge in [0.05, 0.1) is 32.0 Å². The minimum absolute atomic E-state index is 0.221. The third-order valence-electron chi connectivity index (χ3n) is 18.3. The molecule has 544 valence electrons. The number of amides is 1. The van der Waals surface area contributed by atoms with Crippen LogP contribution in [0, 0.1) is 0 Å². The van der Waals surface area contributed by atoms with Crippen LogP contribution >= 0.6 is 0 Å².